The van der Waals surface area contributed by atoms with Gasteiger partial charge in [-0.2, -0.15) is 0 Å². The lowest BCUT2D eigenvalue weighted by Crippen LogP contribution is -2.34. The third-order valence-corrected chi connectivity index (χ3v) is 2.83. The summed E-state index contributed by atoms with van der Waals surface area (Å²) in [5, 5.41) is 2.84. The Bertz CT molecular complexity index is 448. The van der Waals surface area contributed by atoms with Gasteiger partial charge in [-0.3, -0.25) is 4.79 Å². The van der Waals surface area contributed by atoms with Crippen LogP contribution in [-0.4, -0.2) is 11.9 Å². The topological polar surface area (TPSA) is 29.1 Å². The molecule has 0 aliphatic rings. The van der Waals surface area contributed by atoms with E-state index in [0.717, 1.165) is 23.3 Å². The van der Waals surface area contributed by atoms with E-state index in [9.17, 15) is 4.79 Å². The molecule has 0 aliphatic heterocycles. The van der Waals surface area contributed by atoms with E-state index >= 15 is 0 Å². The van der Waals surface area contributed by atoms with Crippen LogP contribution in [0.3, 0.4) is 0 Å². The second-order valence-corrected chi connectivity index (χ2v) is 4.50. The van der Waals surface area contributed by atoms with Crippen LogP contribution in [0.5, 0.6) is 0 Å². The Hall–Kier alpha value is -1.40. The molecule has 1 N–H and O–H groups in total. The molecule has 0 radical (unpaired) electrons. The van der Waals surface area contributed by atoms with E-state index in [0.29, 0.717) is 5.56 Å². The molecule has 0 saturated carbocycles. The van der Waals surface area contributed by atoms with Gasteiger partial charge in [0, 0.05) is 10.5 Å². The number of amides is 1. The maximum Gasteiger partial charge on any atom is 0.252 e. The first-order valence-electron chi connectivity index (χ1n) is 5.65. The van der Waals surface area contributed by atoms with Crippen molar-refractivity contribution in [2.24, 2.45) is 0 Å². The minimum absolute atomic E-state index is 0.130. The van der Waals surface area contributed by atoms with E-state index in [2.05, 4.69) is 23.9 Å². The minimum Gasteiger partial charge on any atom is -0.338 e. The first-order valence-corrected chi connectivity index (χ1v) is 6.09. The van der Waals surface area contributed by atoms with Gasteiger partial charge >= 0.3 is 0 Å². The Kier molecular flexibility index (Phi) is 5.11. The van der Waals surface area contributed by atoms with Gasteiger partial charge in [0.05, 0.1) is 6.04 Å². The third-order valence-electron chi connectivity index (χ3n) is 2.55. The number of hydrogen-bond acceptors (Lipinski definition) is 2. The van der Waals surface area contributed by atoms with Crippen molar-refractivity contribution in [3.8, 4) is 12.3 Å². The monoisotopic (exact) mass is 247 g/mol. The van der Waals surface area contributed by atoms with Gasteiger partial charge in [-0.1, -0.05) is 25.3 Å². The van der Waals surface area contributed by atoms with Crippen molar-refractivity contribution in [3.05, 3.63) is 29.3 Å². The molecule has 1 aromatic rings. The first kappa shape index (κ1) is 13.7. The van der Waals surface area contributed by atoms with Gasteiger partial charge in [-0.05, 0) is 31.0 Å². The number of nitrogens with one attached hydrogen (secondary N) is 1. The molecule has 0 aliphatic carbocycles. The van der Waals surface area contributed by atoms with Gasteiger partial charge in [-0.25, -0.2) is 0 Å². The molecule has 2 nitrogen and oxygen atoms in total. The average molecular weight is 247 g/mol. The van der Waals surface area contributed by atoms with Crippen LogP contribution in [0.15, 0.2) is 23.1 Å². The van der Waals surface area contributed by atoms with E-state index < -0.39 is 0 Å². The average Bonchev–Trinajstić information content (AvgIpc) is 2.31. The summed E-state index contributed by atoms with van der Waals surface area (Å²) < 4.78 is 0. The third kappa shape index (κ3) is 3.83. The highest BCUT2D eigenvalue weighted by molar-refractivity contribution is 7.80. The van der Waals surface area contributed by atoms with Crippen LogP contribution in [0.2, 0.25) is 0 Å². The standard InChI is InChI=1S/C14H17NOS/c1-4-6-11(5-2)15-14(16)13-9-12(17)8-7-10(13)3/h2,7-9,11,17H,4,6H2,1,3H3,(H,15,16). The highest BCUT2D eigenvalue weighted by Gasteiger charge is 2.13. The molecule has 0 fully saturated rings. The normalized spacial score (nSPS) is 11.6. The zero-order valence-corrected chi connectivity index (χ0v) is 11.1. The van der Waals surface area contributed by atoms with Crippen LogP contribution in [0.25, 0.3) is 0 Å². The number of hydrogen-bond donors (Lipinski definition) is 2. The summed E-state index contributed by atoms with van der Waals surface area (Å²) in [5.41, 5.74) is 1.56. The summed E-state index contributed by atoms with van der Waals surface area (Å²) in [6, 6.07) is 5.30. The van der Waals surface area contributed by atoms with Crippen molar-refractivity contribution in [1.82, 2.24) is 5.32 Å². The number of aryl methyl sites for hydroxylation is 1. The molecule has 0 spiro atoms. The lowest BCUT2D eigenvalue weighted by molar-refractivity contribution is 0.0943. The van der Waals surface area contributed by atoms with Gasteiger partial charge in [0.25, 0.3) is 5.91 Å². The molecular formula is C14H17NOS. The summed E-state index contributed by atoms with van der Waals surface area (Å²) in [5.74, 6) is 2.46. The molecule has 0 saturated heterocycles. The zero-order valence-electron chi connectivity index (χ0n) is 10.2. The van der Waals surface area contributed by atoms with Crippen molar-refractivity contribution in [2.75, 3.05) is 0 Å². The molecule has 3 heteroatoms. The highest BCUT2D eigenvalue weighted by Crippen LogP contribution is 2.14. The quantitative estimate of drug-likeness (QED) is 0.622. The SMILES string of the molecule is C#CC(CCC)NC(=O)c1cc(S)ccc1C. The zero-order chi connectivity index (χ0) is 12.8. The first-order chi connectivity index (χ1) is 8.08. The highest BCUT2D eigenvalue weighted by atomic mass is 32.1. The number of rotatable bonds is 4. The van der Waals surface area contributed by atoms with Crippen molar-refractivity contribution >= 4 is 18.5 Å². The molecule has 1 atom stereocenters. The van der Waals surface area contributed by atoms with Crippen molar-refractivity contribution in [1.29, 1.82) is 0 Å². The summed E-state index contributed by atoms with van der Waals surface area (Å²) >= 11 is 4.23. The van der Waals surface area contributed by atoms with Crippen LogP contribution in [0.4, 0.5) is 0 Å². The fourth-order valence-electron chi connectivity index (χ4n) is 1.58. The number of thiol groups is 1. The summed E-state index contributed by atoms with van der Waals surface area (Å²) in [6.07, 6.45) is 7.11. The second kappa shape index (κ2) is 6.36. The summed E-state index contributed by atoms with van der Waals surface area (Å²) in [7, 11) is 0. The minimum atomic E-state index is -0.199. The number of benzene rings is 1. The van der Waals surface area contributed by atoms with Gasteiger partial charge in [0.2, 0.25) is 0 Å². The maximum atomic E-state index is 12.0. The van der Waals surface area contributed by atoms with E-state index in [-0.39, 0.29) is 11.9 Å². The number of carbonyl (C=O) groups excluding carboxylic acids is 1. The van der Waals surface area contributed by atoms with E-state index in [4.69, 9.17) is 6.42 Å². The molecule has 0 bridgehead atoms. The summed E-state index contributed by atoms with van der Waals surface area (Å²) in [6.45, 7) is 3.93. The van der Waals surface area contributed by atoms with Gasteiger partial charge in [0.15, 0.2) is 0 Å². The van der Waals surface area contributed by atoms with Crippen LogP contribution in [-0.2, 0) is 0 Å². The van der Waals surface area contributed by atoms with Gasteiger partial charge in [0.1, 0.15) is 0 Å². The van der Waals surface area contributed by atoms with Crippen molar-refractivity contribution < 1.29 is 4.79 Å². The van der Waals surface area contributed by atoms with Gasteiger partial charge < -0.3 is 5.32 Å². The fourth-order valence-corrected chi connectivity index (χ4v) is 1.78. The van der Waals surface area contributed by atoms with Crippen LogP contribution in [0.1, 0.15) is 35.7 Å². The molecule has 1 unspecified atom stereocenters. The molecule has 1 rings (SSSR count). The van der Waals surface area contributed by atoms with E-state index in [1.807, 2.05) is 26.0 Å². The van der Waals surface area contributed by atoms with E-state index in [1.165, 1.54) is 0 Å². The lowest BCUT2D eigenvalue weighted by Gasteiger charge is -2.13. The molecule has 0 heterocycles. The Labute approximate surface area is 108 Å². The Morgan fingerprint density at radius 2 is 2.29 bits per heavy atom. The Balaban J connectivity index is 2.83. The predicted octanol–water partition coefficient (Wildman–Crippen LogP) is 2.82. The Morgan fingerprint density at radius 3 is 2.88 bits per heavy atom. The number of carbonyl (C=O) groups is 1. The predicted molar refractivity (Wildman–Crippen MR) is 73.4 cm³/mol. The lowest BCUT2D eigenvalue weighted by atomic mass is 10.1. The molecular weight excluding hydrogens is 230 g/mol. The molecule has 0 aromatic heterocycles. The van der Waals surface area contributed by atoms with Crippen LogP contribution >= 0.6 is 12.6 Å². The molecule has 17 heavy (non-hydrogen) atoms. The molecule has 1 aromatic carbocycles. The largest absolute Gasteiger partial charge is 0.338 e. The van der Waals surface area contributed by atoms with Crippen molar-refractivity contribution in [2.45, 2.75) is 37.6 Å². The van der Waals surface area contributed by atoms with E-state index in [1.54, 1.807) is 6.07 Å². The smallest absolute Gasteiger partial charge is 0.252 e. The maximum absolute atomic E-state index is 12.0. The van der Waals surface area contributed by atoms with Crippen LogP contribution < -0.4 is 5.32 Å². The Morgan fingerprint density at radius 1 is 1.59 bits per heavy atom. The van der Waals surface area contributed by atoms with Gasteiger partial charge in [-0.15, -0.1) is 19.1 Å². The van der Waals surface area contributed by atoms with Crippen LogP contribution in [0, 0.1) is 19.3 Å². The summed E-state index contributed by atoms with van der Waals surface area (Å²) in [4.78, 5) is 12.8. The fraction of sp³-hybridized carbons (Fsp3) is 0.357. The molecule has 90 valence electrons. The molecule has 1 amide bonds. The van der Waals surface area contributed by atoms with Crippen molar-refractivity contribution in [3.63, 3.8) is 0 Å². The number of terminal acetylenes is 1. The second-order valence-electron chi connectivity index (χ2n) is 3.98.